The lowest BCUT2D eigenvalue weighted by atomic mass is 10.4. The van der Waals surface area contributed by atoms with Gasteiger partial charge in [-0.1, -0.05) is 0 Å². The monoisotopic (exact) mass is 233 g/mol. The highest BCUT2D eigenvalue weighted by Gasteiger charge is 2.15. The number of carbonyl (C=O) groups excluding carboxylic acids is 1. The lowest BCUT2D eigenvalue weighted by Gasteiger charge is -1.96. The molecule has 0 bridgehead atoms. The standard InChI is InChI=1S/C7H11N3O4S/c1-8-7(11)5-4-6(9-10(5)2)14-15(3,12)13/h4H,1-3H3,(H,8,11). The van der Waals surface area contributed by atoms with E-state index in [0.717, 1.165) is 6.26 Å². The second kappa shape index (κ2) is 3.89. The van der Waals surface area contributed by atoms with Gasteiger partial charge in [-0.05, 0) is 0 Å². The van der Waals surface area contributed by atoms with Crippen molar-refractivity contribution in [2.75, 3.05) is 13.3 Å². The molecular formula is C7H11N3O4S. The topological polar surface area (TPSA) is 90.3 Å². The van der Waals surface area contributed by atoms with Gasteiger partial charge in [0.05, 0.1) is 6.26 Å². The molecule has 0 atom stereocenters. The van der Waals surface area contributed by atoms with E-state index in [1.165, 1.54) is 24.8 Å². The molecule has 0 aromatic carbocycles. The summed E-state index contributed by atoms with van der Waals surface area (Å²) in [4.78, 5) is 11.2. The van der Waals surface area contributed by atoms with E-state index >= 15 is 0 Å². The summed E-state index contributed by atoms with van der Waals surface area (Å²) in [6, 6.07) is 1.25. The molecule has 84 valence electrons. The molecule has 0 saturated heterocycles. The van der Waals surface area contributed by atoms with E-state index in [4.69, 9.17) is 0 Å². The van der Waals surface area contributed by atoms with Crippen LogP contribution < -0.4 is 9.50 Å². The molecule has 1 aromatic heterocycles. The van der Waals surface area contributed by atoms with Gasteiger partial charge in [0.2, 0.25) is 0 Å². The molecule has 0 aliphatic heterocycles. The number of nitrogens with zero attached hydrogens (tertiary/aromatic N) is 2. The highest BCUT2D eigenvalue weighted by Crippen LogP contribution is 2.12. The van der Waals surface area contributed by atoms with Crippen LogP contribution in [0.1, 0.15) is 10.5 Å². The van der Waals surface area contributed by atoms with Gasteiger partial charge in [0.15, 0.2) is 0 Å². The number of aryl methyl sites for hydroxylation is 1. The zero-order valence-corrected chi connectivity index (χ0v) is 9.33. The predicted molar refractivity (Wildman–Crippen MR) is 52.1 cm³/mol. The largest absolute Gasteiger partial charge is 0.360 e. The zero-order valence-electron chi connectivity index (χ0n) is 8.51. The first-order valence-electron chi connectivity index (χ1n) is 3.99. The Kier molecular flexibility index (Phi) is 2.98. The Labute approximate surface area is 87.2 Å². The molecule has 1 heterocycles. The normalized spacial score (nSPS) is 11.1. The Morgan fingerprint density at radius 3 is 2.67 bits per heavy atom. The smallest absolute Gasteiger partial charge is 0.307 e. The van der Waals surface area contributed by atoms with E-state index < -0.39 is 10.1 Å². The number of hydrogen-bond donors (Lipinski definition) is 1. The Hall–Kier alpha value is -1.57. The molecule has 0 fully saturated rings. The molecular weight excluding hydrogens is 222 g/mol. The highest BCUT2D eigenvalue weighted by molar-refractivity contribution is 7.86. The second-order valence-electron chi connectivity index (χ2n) is 2.86. The van der Waals surface area contributed by atoms with Crippen LogP contribution in [0.3, 0.4) is 0 Å². The van der Waals surface area contributed by atoms with E-state index in [1.807, 2.05) is 0 Å². The molecule has 1 rings (SSSR count). The highest BCUT2D eigenvalue weighted by atomic mass is 32.2. The molecule has 0 aliphatic carbocycles. The van der Waals surface area contributed by atoms with Crippen molar-refractivity contribution in [2.45, 2.75) is 0 Å². The molecule has 1 amide bonds. The van der Waals surface area contributed by atoms with Crippen LogP contribution in [0.4, 0.5) is 0 Å². The van der Waals surface area contributed by atoms with E-state index in [9.17, 15) is 13.2 Å². The van der Waals surface area contributed by atoms with Crippen molar-refractivity contribution in [3.63, 3.8) is 0 Å². The van der Waals surface area contributed by atoms with Gasteiger partial charge in [0, 0.05) is 20.2 Å². The van der Waals surface area contributed by atoms with E-state index in [2.05, 4.69) is 14.6 Å². The summed E-state index contributed by atoms with van der Waals surface area (Å²) in [5.74, 6) is -0.494. The Morgan fingerprint density at radius 2 is 2.20 bits per heavy atom. The average Bonchev–Trinajstić information content (AvgIpc) is 2.42. The minimum atomic E-state index is -3.62. The summed E-state index contributed by atoms with van der Waals surface area (Å²) in [6.45, 7) is 0. The minimum Gasteiger partial charge on any atom is -0.360 e. The summed E-state index contributed by atoms with van der Waals surface area (Å²) in [5, 5.41) is 6.11. The average molecular weight is 233 g/mol. The third-order valence-corrected chi connectivity index (χ3v) is 2.03. The van der Waals surface area contributed by atoms with Crippen LogP contribution in [0.5, 0.6) is 5.88 Å². The quantitative estimate of drug-likeness (QED) is 0.684. The maximum atomic E-state index is 11.2. The number of hydrogen-bond acceptors (Lipinski definition) is 5. The first-order chi connectivity index (χ1) is 6.83. The van der Waals surface area contributed by atoms with Crippen molar-refractivity contribution in [1.29, 1.82) is 0 Å². The van der Waals surface area contributed by atoms with E-state index in [-0.39, 0.29) is 17.5 Å². The third kappa shape index (κ3) is 2.94. The molecule has 15 heavy (non-hydrogen) atoms. The number of carbonyl (C=O) groups is 1. The number of amides is 1. The molecule has 1 N–H and O–H groups in total. The fourth-order valence-corrected chi connectivity index (χ4v) is 1.37. The van der Waals surface area contributed by atoms with Crippen LogP contribution in [0, 0.1) is 0 Å². The van der Waals surface area contributed by atoms with Crippen molar-refractivity contribution in [1.82, 2.24) is 15.1 Å². The molecule has 7 nitrogen and oxygen atoms in total. The molecule has 1 aromatic rings. The molecule has 0 radical (unpaired) electrons. The Bertz CT molecular complexity index is 476. The fraction of sp³-hybridized carbons (Fsp3) is 0.429. The van der Waals surface area contributed by atoms with Crippen molar-refractivity contribution >= 4 is 16.0 Å². The second-order valence-corrected chi connectivity index (χ2v) is 4.43. The lowest BCUT2D eigenvalue weighted by Crippen LogP contribution is -2.20. The molecule has 0 spiro atoms. The first-order valence-corrected chi connectivity index (χ1v) is 5.80. The predicted octanol–water partition coefficient (Wildman–Crippen LogP) is -0.882. The summed E-state index contributed by atoms with van der Waals surface area (Å²) in [6.07, 6.45) is 0.904. The SMILES string of the molecule is CNC(=O)c1cc(OS(C)(=O)=O)nn1C. The number of rotatable bonds is 3. The van der Waals surface area contributed by atoms with Gasteiger partial charge in [-0.25, -0.2) is 0 Å². The molecule has 0 aliphatic rings. The van der Waals surface area contributed by atoms with Gasteiger partial charge in [-0.2, -0.15) is 8.42 Å². The maximum Gasteiger partial charge on any atom is 0.307 e. The van der Waals surface area contributed by atoms with Gasteiger partial charge in [0.25, 0.3) is 11.8 Å². The summed E-state index contributed by atoms with van der Waals surface area (Å²) in [5.41, 5.74) is 0.219. The minimum absolute atomic E-state index is 0.126. The fourth-order valence-electron chi connectivity index (χ4n) is 0.977. The zero-order chi connectivity index (χ0) is 11.6. The molecule has 0 unspecified atom stereocenters. The van der Waals surface area contributed by atoms with E-state index in [0.29, 0.717) is 0 Å². The maximum absolute atomic E-state index is 11.2. The molecule has 0 saturated carbocycles. The van der Waals surface area contributed by atoms with Crippen LogP contribution in [-0.4, -0.2) is 37.4 Å². The van der Waals surface area contributed by atoms with Crippen LogP contribution in [-0.2, 0) is 17.2 Å². The van der Waals surface area contributed by atoms with Gasteiger partial charge in [-0.15, -0.1) is 5.10 Å². The van der Waals surface area contributed by atoms with Gasteiger partial charge < -0.3 is 9.50 Å². The first kappa shape index (κ1) is 11.5. The van der Waals surface area contributed by atoms with Gasteiger partial charge in [-0.3, -0.25) is 9.48 Å². The van der Waals surface area contributed by atoms with Crippen molar-refractivity contribution in [3.8, 4) is 5.88 Å². The Balaban J connectivity index is 3.01. The van der Waals surface area contributed by atoms with Crippen molar-refractivity contribution < 1.29 is 17.4 Å². The van der Waals surface area contributed by atoms with Gasteiger partial charge >= 0.3 is 10.1 Å². The van der Waals surface area contributed by atoms with Crippen molar-refractivity contribution in [3.05, 3.63) is 11.8 Å². The van der Waals surface area contributed by atoms with Crippen LogP contribution in [0.2, 0.25) is 0 Å². The van der Waals surface area contributed by atoms with Crippen LogP contribution in [0.15, 0.2) is 6.07 Å². The summed E-state index contributed by atoms with van der Waals surface area (Å²) >= 11 is 0. The number of aromatic nitrogens is 2. The summed E-state index contributed by atoms with van der Waals surface area (Å²) in [7, 11) is -0.642. The van der Waals surface area contributed by atoms with Crippen molar-refractivity contribution in [2.24, 2.45) is 7.05 Å². The third-order valence-electron chi connectivity index (χ3n) is 1.55. The Morgan fingerprint density at radius 1 is 1.60 bits per heavy atom. The van der Waals surface area contributed by atoms with Crippen LogP contribution >= 0.6 is 0 Å². The lowest BCUT2D eigenvalue weighted by molar-refractivity contribution is 0.0953. The van der Waals surface area contributed by atoms with Crippen LogP contribution in [0.25, 0.3) is 0 Å². The summed E-state index contributed by atoms with van der Waals surface area (Å²) < 4.78 is 27.3. The van der Waals surface area contributed by atoms with Gasteiger partial charge in [0.1, 0.15) is 5.69 Å². The van der Waals surface area contributed by atoms with E-state index in [1.54, 1.807) is 0 Å². The number of nitrogens with one attached hydrogen (secondary N) is 1. The molecule has 8 heteroatoms.